The van der Waals surface area contributed by atoms with Gasteiger partial charge in [0.15, 0.2) is 0 Å². The van der Waals surface area contributed by atoms with Crippen LogP contribution in [0, 0.1) is 0 Å². The largest absolute Gasteiger partial charge is 0.457 e. The summed E-state index contributed by atoms with van der Waals surface area (Å²) in [7, 11) is 0. The Morgan fingerprint density at radius 1 is 0.407 bits per heavy atom. The predicted molar refractivity (Wildman–Crippen MR) is 204 cm³/mol. The van der Waals surface area contributed by atoms with Crippen molar-refractivity contribution in [2.75, 3.05) is 17.2 Å². The van der Waals surface area contributed by atoms with Gasteiger partial charge in [0.2, 0.25) is 0 Å². The maximum Gasteiger partial charge on any atom is 0.347 e. The molecule has 0 radical (unpaired) electrons. The molecule has 2 aliphatic heterocycles. The van der Waals surface area contributed by atoms with Gasteiger partial charge in [-0.1, -0.05) is 62.4 Å². The van der Waals surface area contributed by atoms with E-state index in [9.17, 15) is 19.2 Å². The third-order valence-corrected chi connectivity index (χ3v) is 8.57. The molecular formula is C43H35N3O8. The number of ether oxygens (including phenoxy) is 4. The number of esters is 4. The second-order valence-electron chi connectivity index (χ2n) is 12.7. The Morgan fingerprint density at radius 3 is 1.13 bits per heavy atom. The average Bonchev–Trinajstić information content (AvgIpc) is 3.60. The van der Waals surface area contributed by atoms with Gasteiger partial charge in [-0.25, -0.2) is 19.2 Å². The van der Waals surface area contributed by atoms with Gasteiger partial charge in [0, 0.05) is 22.5 Å². The molecule has 0 fully saturated rings. The lowest BCUT2D eigenvalue weighted by Gasteiger charge is -2.26. The summed E-state index contributed by atoms with van der Waals surface area (Å²) in [5, 5.41) is 0. The molecule has 0 unspecified atom stereocenters. The number of carbonyl (C=O) groups is 4. The fourth-order valence-electron chi connectivity index (χ4n) is 5.59. The Kier molecular flexibility index (Phi) is 10.4. The van der Waals surface area contributed by atoms with Crippen LogP contribution in [0.1, 0.15) is 66.4 Å². The normalized spacial score (nSPS) is 12.6. The first kappa shape index (κ1) is 36.4. The molecule has 0 atom stereocenters. The molecule has 2 aliphatic rings. The van der Waals surface area contributed by atoms with E-state index in [0.29, 0.717) is 34.4 Å². The molecule has 6 aromatic carbocycles. The highest BCUT2D eigenvalue weighted by molar-refractivity contribution is 6.15. The number of rotatable bonds is 6. The third kappa shape index (κ3) is 8.38. The summed E-state index contributed by atoms with van der Waals surface area (Å²) in [6.45, 7) is 4.20. The monoisotopic (exact) mass is 721 g/mol. The highest BCUT2D eigenvalue weighted by atomic mass is 16.6. The summed E-state index contributed by atoms with van der Waals surface area (Å²) in [6.07, 6.45) is 0. The van der Waals surface area contributed by atoms with Crippen molar-refractivity contribution in [2.45, 2.75) is 19.3 Å². The number of para-hydroxylation sites is 1. The Bertz CT molecular complexity index is 2210. The number of cyclic esters (lactones) is 4. The van der Waals surface area contributed by atoms with Crippen LogP contribution in [0.2, 0.25) is 0 Å². The topological polar surface area (TPSA) is 183 Å². The molecule has 270 valence electrons. The summed E-state index contributed by atoms with van der Waals surface area (Å²) < 4.78 is 21.0. The standard InChI is InChI=1S/C31H20O8.C6H8N2.C6H7N/c1-31(2,17-3-7-19(8-4-17)36-21-11-13-23-25(15-21)29(34)38-27(23)32)18-5-9-20(10-6-18)37-22-12-14-24-26(16-22)30(35)39-28(24)33;7-5-2-1-3-6(8)4-5;7-6-4-2-1-3-5-6/h3-16H,1-2H3;1-4H,7-8H2;1-5H,7H2. The van der Waals surface area contributed by atoms with Crippen molar-refractivity contribution in [3.63, 3.8) is 0 Å². The molecule has 0 amide bonds. The minimum atomic E-state index is -0.678. The van der Waals surface area contributed by atoms with Gasteiger partial charge in [-0.05, 0) is 102 Å². The van der Waals surface area contributed by atoms with Gasteiger partial charge in [0.25, 0.3) is 0 Å². The second kappa shape index (κ2) is 15.5. The van der Waals surface area contributed by atoms with Crippen LogP contribution in [0.3, 0.4) is 0 Å². The summed E-state index contributed by atoms with van der Waals surface area (Å²) in [5.74, 6) is -0.651. The van der Waals surface area contributed by atoms with E-state index >= 15 is 0 Å². The second-order valence-corrected chi connectivity index (χ2v) is 12.7. The van der Waals surface area contributed by atoms with Crippen molar-refractivity contribution in [3.8, 4) is 23.0 Å². The maximum atomic E-state index is 11.8. The number of benzene rings is 6. The van der Waals surface area contributed by atoms with Gasteiger partial charge in [-0.15, -0.1) is 0 Å². The SMILES string of the molecule is CC(C)(c1ccc(Oc2ccc3c(c2)C(=O)OC3=O)cc1)c1ccc(Oc2ccc3c(c2)C(=O)OC3=O)cc1.Nc1cccc(N)c1.Nc1ccccc1. The molecular weight excluding hydrogens is 686 g/mol. The van der Waals surface area contributed by atoms with Crippen molar-refractivity contribution in [1.29, 1.82) is 0 Å². The van der Waals surface area contributed by atoms with Crippen LogP contribution in [-0.2, 0) is 14.9 Å². The van der Waals surface area contributed by atoms with E-state index in [1.807, 2.05) is 84.9 Å². The Hall–Kier alpha value is -7.40. The lowest BCUT2D eigenvalue weighted by atomic mass is 9.78. The lowest BCUT2D eigenvalue weighted by molar-refractivity contribution is 0.0425. The Labute approximate surface area is 310 Å². The molecule has 11 nitrogen and oxygen atoms in total. The van der Waals surface area contributed by atoms with Crippen molar-refractivity contribution in [3.05, 3.63) is 173 Å². The first-order chi connectivity index (χ1) is 25.9. The number of nitrogens with two attached hydrogens (primary N) is 3. The van der Waals surface area contributed by atoms with Crippen molar-refractivity contribution < 1.29 is 38.1 Å². The van der Waals surface area contributed by atoms with Gasteiger partial charge in [0.1, 0.15) is 23.0 Å². The Morgan fingerprint density at radius 2 is 0.778 bits per heavy atom. The van der Waals surface area contributed by atoms with E-state index in [1.54, 1.807) is 30.3 Å². The van der Waals surface area contributed by atoms with E-state index in [1.165, 1.54) is 24.3 Å². The van der Waals surface area contributed by atoms with E-state index in [-0.39, 0.29) is 27.7 Å². The molecule has 0 spiro atoms. The first-order valence-electron chi connectivity index (χ1n) is 16.7. The van der Waals surface area contributed by atoms with Gasteiger partial charge >= 0.3 is 23.9 Å². The van der Waals surface area contributed by atoms with Crippen molar-refractivity contribution in [2.24, 2.45) is 0 Å². The molecule has 6 aromatic rings. The van der Waals surface area contributed by atoms with Crippen LogP contribution in [0.15, 0.2) is 140 Å². The van der Waals surface area contributed by atoms with Crippen molar-refractivity contribution >= 4 is 40.9 Å². The van der Waals surface area contributed by atoms with Gasteiger partial charge in [0.05, 0.1) is 22.3 Å². The minimum Gasteiger partial charge on any atom is -0.457 e. The minimum absolute atomic E-state index is 0.191. The molecule has 0 aromatic heterocycles. The van der Waals surface area contributed by atoms with Crippen molar-refractivity contribution in [1.82, 2.24) is 0 Å². The van der Waals surface area contributed by atoms with E-state index in [4.69, 9.17) is 26.7 Å². The molecule has 0 saturated heterocycles. The van der Waals surface area contributed by atoms with Crippen LogP contribution in [0.5, 0.6) is 23.0 Å². The fourth-order valence-corrected chi connectivity index (χ4v) is 5.59. The van der Waals surface area contributed by atoms with Crippen LogP contribution in [-0.4, -0.2) is 23.9 Å². The highest BCUT2D eigenvalue weighted by Gasteiger charge is 2.31. The number of fused-ring (bicyclic) bond motifs is 2. The van der Waals surface area contributed by atoms with E-state index in [0.717, 1.165) is 16.8 Å². The molecule has 54 heavy (non-hydrogen) atoms. The highest BCUT2D eigenvalue weighted by Crippen LogP contribution is 2.36. The molecule has 11 heteroatoms. The lowest BCUT2D eigenvalue weighted by Crippen LogP contribution is -2.18. The zero-order valence-corrected chi connectivity index (χ0v) is 29.3. The van der Waals surface area contributed by atoms with E-state index < -0.39 is 23.9 Å². The zero-order valence-electron chi connectivity index (χ0n) is 29.3. The molecule has 0 aliphatic carbocycles. The molecule has 0 bridgehead atoms. The van der Waals surface area contributed by atoms with Crippen LogP contribution >= 0.6 is 0 Å². The summed E-state index contributed by atoms with van der Waals surface area (Å²) in [4.78, 5) is 46.9. The molecule has 2 heterocycles. The number of hydrogen-bond acceptors (Lipinski definition) is 11. The number of anilines is 3. The predicted octanol–water partition coefficient (Wildman–Crippen LogP) is 8.34. The van der Waals surface area contributed by atoms with Crippen LogP contribution in [0.4, 0.5) is 17.1 Å². The van der Waals surface area contributed by atoms with Crippen LogP contribution in [0.25, 0.3) is 0 Å². The summed E-state index contributed by atoms with van der Waals surface area (Å²) >= 11 is 0. The summed E-state index contributed by atoms with van der Waals surface area (Å²) in [5.41, 5.74) is 21.0. The number of hydrogen-bond donors (Lipinski definition) is 3. The van der Waals surface area contributed by atoms with Gasteiger partial charge in [-0.3, -0.25) is 0 Å². The number of nitrogen functional groups attached to an aromatic ring is 3. The maximum absolute atomic E-state index is 11.8. The average molecular weight is 722 g/mol. The molecule has 6 N–H and O–H groups in total. The zero-order chi connectivity index (χ0) is 38.4. The quantitative estimate of drug-likeness (QED) is 0.0853. The Balaban J connectivity index is 0.000000274. The molecule has 0 saturated carbocycles. The molecule has 8 rings (SSSR count). The van der Waals surface area contributed by atoms with E-state index in [2.05, 4.69) is 23.3 Å². The smallest absolute Gasteiger partial charge is 0.347 e. The fraction of sp³-hybridized carbons (Fsp3) is 0.0698. The first-order valence-corrected chi connectivity index (χ1v) is 16.7. The van der Waals surface area contributed by atoms with Gasteiger partial charge in [-0.2, -0.15) is 0 Å². The van der Waals surface area contributed by atoms with Crippen LogP contribution < -0.4 is 26.7 Å². The van der Waals surface area contributed by atoms with Gasteiger partial charge < -0.3 is 36.1 Å². The third-order valence-electron chi connectivity index (χ3n) is 8.57. The summed E-state index contributed by atoms with van der Waals surface area (Å²) in [6, 6.07) is 41.1. The number of carbonyl (C=O) groups excluding carboxylic acids is 4.